The van der Waals surface area contributed by atoms with Gasteiger partial charge in [-0.15, -0.1) is 16.4 Å². The lowest BCUT2D eigenvalue weighted by molar-refractivity contribution is 0.955. The number of thiazole rings is 1. The van der Waals surface area contributed by atoms with Crippen molar-refractivity contribution in [2.75, 3.05) is 5.32 Å². The van der Waals surface area contributed by atoms with Gasteiger partial charge in [0.15, 0.2) is 0 Å². The molecule has 0 radical (unpaired) electrons. The molecular formula is C14H13N5S. The second-order valence-electron chi connectivity index (χ2n) is 4.29. The van der Waals surface area contributed by atoms with Crippen molar-refractivity contribution >= 4 is 17.2 Å². The molecule has 0 aliphatic heterocycles. The van der Waals surface area contributed by atoms with Crippen molar-refractivity contribution in [3.63, 3.8) is 0 Å². The van der Waals surface area contributed by atoms with Gasteiger partial charge in [-0.2, -0.15) is 5.10 Å². The van der Waals surface area contributed by atoms with Crippen molar-refractivity contribution < 1.29 is 0 Å². The molecule has 0 fully saturated rings. The maximum Gasteiger partial charge on any atom is 0.148 e. The Hall–Kier alpha value is -2.34. The fourth-order valence-electron chi connectivity index (χ4n) is 1.69. The maximum absolute atomic E-state index is 4.59. The molecule has 100 valence electrons. The minimum absolute atomic E-state index is 0.638. The topological polar surface area (TPSA) is 63.6 Å². The van der Waals surface area contributed by atoms with Gasteiger partial charge in [-0.1, -0.05) is 0 Å². The largest absolute Gasteiger partial charge is 0.363 e. The lowest BCUT2D eigenvalue weighted by Gasteiger charge is -2.02. The SMILES string of the molecule is Cc1ccc(NCc2csc(-c3ccncc3)n2)nn1. The fraction of sp³-hybridized carbons (Fsp3) is 0.143. The van der Waals surface area contributed by atoms with E-state index in [0.29, 0.717) is 6.54 Å². The molecule has 0 aromatic carbocycles. The Morgan fingerprint density at radius 1 is 1.10 bits per heavy atom. The number of aromatic nitrogens is 4. The highest BCUT2D eigenvalue weighted by Crippen LogP contribution is 2.23. The van der Waals surface area contributed by atoms with Crippen molar-refractivity contribution in [3.8, 4) is 10.6 Å². The third kappa shape index (κ3) is 2.97. The smallest absolute Gasteiger partial charge is 0.148 e. The lowest BCUT2D eigenvalue weighted by atomic mass is 10.3. The van der Waals surface area contributed by atoms with E-state index >= 15 is 0 Å². The van der Waals surface area contributed by atoms with Crippen LogP contribution in [0.4, 0.5) is 5.82 Å². The second-order valence-corrected chi connectivity index (χ2v) is 5.15. The van der Waals surface area contributed by atoms with E-state index < -0.39 is 0 Å². The zero-order valence-electron chi connectivity index (χ0n) is 10.9. The molecule has 0 aliphatic carbocycles. The molecule has 0 aliphatic rings. The van der Waals surface area contributed by atoms with Gasteiger partial charge >= 0.3 is 0 Å². The molecule has 3 rings (SSSR count). The number of rotatable bonds is 4. The molecule has 0 spiro atoms. The van der Waals surface area contributed by atoms with Gasteiger partial charge in [-0.05, 0) is 31.2 Å². The minimum atomic E-state index is 0.638. The second kappa shape index (κ2) is 5.75. The van der Waals surface area contributed by atoms with Crippen LogP contribution in [0, 0.1) is 6.92 Å². The molecule has 0 amide bonds. The number of pyridine rings is 1. The average molecular weight is 283 g/mol. The van der Waals surface area contributed by atoms with Crippen molar-refractivity contribution in [3.05, 3.63) is 53.4 Å². The first-order valence-corrected chi connectivity index (χ1v) is 7.08. The summed E-state index contributed by atoms with van der Waals surface area (Å²) in [5.41, 5.74) is 2.99. The molecule has 3 heterocycles. The first-order chi connectivity index (χ1) is 9.81. The third-order valence-corrected chi connectivity index (χ3v) is 3.67. The first kappa shape index (κ1) is 12.7. The van der Waals surface area contributed by atoms with Gasteiger partial charge < -0.3 is 5.32 Å². The van der Waals surface area contributed by atoms with Crippen molar-refractivity contribution in [1.82, 2.24) is 20.2 Å². The van der Waals surface area contributed by atoms with Crippen LogP contribution in [0.2, 0.25) is 0 Å². The van der Waals surface area contributed by atoms with Crippen LogP contribution in [0.15, 0.2) is 42.0 Å². The van der Waals surface area contributed by atoms with Crippen LogP contribution in [0.3, 0.4) is 0 Å². The Morgan fingerprint density at radius 3 is 2.70 bits per heavy atom. The molecule has 3 aromatic heterocycles. The summed E-state index contributed by atoms with van der Waals surface area (Å²) in [6, 6.07) is 7.76. The standard InChI is InChI=1S/C14H13N5S/c1-10-2-3-13(19-18-10)16-8-12-9-20-14(17-12)11-4-6-15-7-5-11/h2-7,9H,8H2,1H3,(H,16,19). The van der Waals surface area contributed by atoms with Crippen LogP contribution < -0.4 is 5.32 Å². The monoisotopic (exact) mass is 283 g/mol. The first-order valence-electron chi connectivity index (χ1n) is 6.20. The molecule has 1 N–H and O–H groups in total. The van der Waals surface area contributed by atoms with Crippen LogP contribution in [0.25, 0.3) is 10.6 Å². The molecule has 0 saturated carbocycles. The van der Waals surface area contributed by atoms with Crippen molar-refractivity contribution in [2.24, 2.45) is 0 Å². The molecule has 0 atom stereocenters. The summed E-state index contributed by atoms with van der Waals surface area (Å²) < 4.78 is 0. The molecule has 0 unspecified atom stereocenters. The van der Waals surface area contributed by atoms with Gasteiger partial charge in [0.05, 0.1) is 17.9 Å². The van der Waals surface area contributed by atoms with Gasteiger partial charge in [-0.25, -0.2) is 4.98 Å². The molecule has 3 aromatic rings. The van der Waals surface area contributed by atoms with Crippen LogP contribution in [0.5, 0.6) is 0 Å². The summed E-state index contributed by atoms with van der Waals surface area (Å²) >= 11 is 1.63. The number of aryl methyl sites for hydroxylation is 1. The Labute approximate surface area is 120 Å². The fourth-order valence-corrected chi connectivity index (χ4v) is 2.52. The van der Waals surface area contributed by atoms with Crippen molar-refractivity contribution in [2.45, 2.75) is 13.5 Å². The summed E-state index contributed by atoms with van der Waals surface area (Å²) in [5, 5.41) is 14.3. The van der Waals surface area contributed by atoms with Gasteiger partial charge in [0.25, 0.3) is 0 Å². The Morgan fingerprint density at radius 2 is 1.95 bits per heavy atom. The van der Waals surface area contributed by atoms with Gasteiger partial charge in [-0.3, -0.25) is 4.98 Å². The van der Waals surface area contributed by atoms with Crippen LogP contribution in [-0.2, 0) is 6.54 Å². The number of nitrogens with one attached hydrogen (secondary N) is 1. The quantitative estimate of drug-likeness (QED) is 0.797. The highest BCUT2D eigenvalue weighted by Gasteiger charge is 2.04. The number of anilines is 1. The lowest BCUT2D eigenvalue weighted by Crippen LogP contribution is -2.02. The molecule has 5 nitrogen and oxygen atoms in total. The molecule has 20 heavy (non-hydrogen) atoms. The van der Waals surface area contributed by atoms with Crippen LogP contribution in [0.1, 0.15) is 11.4 Å². The summed E-state index contributed by atoms with van der Waals surface area (Å²) in [6.45, 7) is 2.55. The summed E-state index contributed by atoms with van der Waals surface area (Å²) in [7, 11) is 0. The van der Waals surface area contributed by atoms with E-state index in [0.717, 1.165) is 27.8 Å². The Kier molecular flexibility index (Phi) is 3.64. The number of hydrogen-bond acceptors (Lipinski definition) is 6. The average Bonchev–Trinajstić information content (AvgIpc) is 2.97. The minimum Gasteiger partial charge on any atom is -0.363 e. The maximum atomic E-state index is 4.59. The molecule has 0 bridgehead atoms. The molecule has 6 heteroatoms. The predicted molar refractivity (Wildman–Crippen MR) is 79.4 cm³/mol. The zero-order valence-corrected chi connectivity index (χ0v) is 11.8. The number of nitrogens with zero attached hydrogens (tertiary/aromatic N) is 4. The van der Waals surface area contributed by atoms with Crippen LogP contribution >= 0.6 is 11.3 Å². The summed E-state index contributed by atoms with van der Waals surface area (Å²) in [6.07, 6.45) is 3.55. The van der Waals surface area contributed by atoms with Gasteiger partial charge in [0, 0.05) is 23.3 Å². The summed E-state index contributed by atoms with van der Waals surface area (Å²) in [4.78, 5) is 8.60. The number of hydrogen-bond donors (Lipinski definition) is 1. The highest BCUT2D eigenvalue weighted by atomic mass is 32.1. The Balaban J connectivity index is 1.67. The normalized spacial score (nSPS) is 10.4. The zero-order chi connectivity index (χ0) is 13.8. The van der Waals surface area contributed by atoms with Gasteiger partial charge in [0.2, 0.25) is 0 Å². The van der Waals surface area contributed by atoms with E-state index in [1.807, 2.05) is 36.6 Å². The van der Waals surface area contributed by atoms with Crippen molar-refractivity contribution in [1.29, 1.82) is 0 Å². The molecular weight excluding hydrogens is 270 g/mol. The van der Waals surface area contributed by atoms with Crippen LogP contribution in [-0.4, -0.2) is 20.2 Å². The van der Waals surface area contributed by atoms with E-state index in [4.69, 9.17) is 0 Å². The van der Waals surface area contributed by atoms with E-state index in [1.54, 1.807) is 23.7 Å². The predicted octanol–water partition coefficient (Wildman–Crippen LogP) is 2.92. The van der Waals surface area contributed by atoms with E-state index in [1.165, 1.54) is 0 Å². The van der Waals surface area contributed by atoms with Gasteiger partial charge in [0.1, 0.15) is 10.8 Å². The Bertz CT molecular complexity index is 678. The summed E-state index contributed by atoms with van der Waals surface area (Å²) in [5.74, 6) is 0.758. The third-order valence-electron chi connectivity index (χ3n) is 2.73. The van der Waals surface area contributed by atoms with E-state index in [9.17, 15) is 0 Å². The molecule has 0 saturated heterocycles. The highest BCUT2D eigenvalue weighted by molar-refractivity contribution is 7.13. The van der Waals surface area contributed by atoms with E-state index in [-0.39, 0.29) is 0 Å². The van der Waals surface area contributed by atoms with E-state index in [2.05, 4.69) is 25.5 Å².